The summed E-state index contributed by atoms with van der Waals surface area (Å²) in [6.45, 7) is 4.43. The predicted molar refractivity (Wildman–Crippen MR) is 117 cm³/mol. The van der Waals surface area contributed by atoms with Crippen LogP contribution in [0.25, 0.3) is 0 Å². The molecule has 2 aromatic carbocycles. The molecule has 0 saturated carbocycles. The number of para-hydroxylation sites is 1. The maximum atomic E-state index is 11.5. The number of anilines is 3. The molecule has 0 spiro atoms. The quantitative estimate of drug-likeness (QED) is 0.425. The molecule has 2 aromatic rings. The number of nitro groups is 1. The van der Waals surface area contributed by atoms with E-state index in [1.807, 2.05) is 36.4 Å². The average Bonchev–Trinajstić information content (AvgIpc) is 3.31. The number of hydrogen-bond acceptors (Lipinski definition) is 7. The minimum Gasteiger partial charge on any atom is -0.377 e. The average molecular weight is 410 g/mol. The molecular formula is C22H26N4O4. The number of ether oxygens (including phenoxy) is 1. The second-order valence-corrected chi connectivity index (χ2v) is 7.63. The van der Waals surface area contributed by atoms with Crippen molar-refractivity contribution in [1.82, 2.24) is 0 Å². The molecule has 0 bridgehead atoms. The lowest BCUT2D eigenvalue weighted by atomic mass is 10.1. The summed E-state index contributed by atoms with van der Waals surface area (Å²) < 4.78 is 5.62. The van der Waals surface area contributed by atoms with Crippen molar-refractivity contribution in [2.45, 2.75) is 18.9 Å². The van der Waals surface area contributed by atoms with Gasteiger partial charge in [0.05, 0.1) is 11.0 Å². The zero-order valence-corrected chi connectivity index (χ0v) is 16.8. The lowest BCUT2D eigenvalue weighted by Crippen LogP contribution is -2.46. The number of nitrogens with one attached hydrogen (secondary N) is 1. The Bertz CT molecular complexity index is 906. The smallest absolute Gasteiger partial charge is 0.292 e. The summed E-state index contributed by atoms with van der Waals surface area (Å²) in [6, 6.07) is 12.9. The largest absolute Gasteiger partial charge is 0.377 e. The maximum Gasteiger partial charge on any atom is 0.292 e. The van der Waals surface area contributed by atoms with Gasteiger partial charge in [-0.3, -0.25) is 14.9 Å². The second kappa shape index (κ2) is 9.13. The van der Waals surface area contributed by atoms with E-state index in [0.29, 0.717) is 17.8 Å². The molecule has 0 radical (unpaired) electrons. The van der Waals surface area contributed by atoms with Crippen molar-refractivity contribution in [1.29, 1.82) is 0 Å². The van der Waals surface area contributed by atoms with E-state index in [2.05, 4.69) is 15.1 Å². The van der Waals surface area contributed by atoms with Crippen LogP contribution in [0.15, 0.2) is 42.5 Å². The molecule has 0 aromatic heterocycles. The van der Waals surface area contributed by atoms with Crippen LogP contribution in [0.3, 0.4) is 0 Å². The fourth-order valence-electron chi connectivity index (χ4n) is 4.13. The Hall–Kier alpha value is -3.13. The van der Waals surface area contributed by atoms with Crippen LogP contribution in [0, 0.1) is 10.1 Å². The molecule has 8 heteroatoms. The number of carbonyl (C=O) groups is 1. The van der Waals surface area contributed by atoms with Gasteiger partial charge in [0.25, 0.3) is 5.69 Å². The lowest BCUT2D eigenvalue weighted by Gasteiger charge is -2.38. The molecule has 2 heterocycles. The van der Waals surface area contributed by atoms with Gasteiger partial charge in [-0.2, -0.15) is 0 Å². The van der Waals surface area contributed by atoms with Crippen LogP contribution in [-0.4, -0.2) is 56.6 Å². The summed E-state index contributed by atoms with van der Waals surface area (Å²) in [6.07, 6.45) is 3.01. The molecule has 0 aliphatic carbocycles. The van der Waals surface area contributed by atoms with Crippen molar-refractivity contribution >= 4 is 29.0 Å². The van der Waals surface area contributed by atoms with E-state index >= 15 is 0 Å². The van der Waals surface area contributed by atoms with Crippen LogP contribution in [0.2, 0.25) is 0 Å². The van der Waals surface area contributed by atoms with Crippen LogP contribution < -0.4 is 15.1 Å². The third-order valence-electron chi connectivity index (χ3n) is 5.77. The maximum absolute atomic E-state index is 11.5. The first kappa shape index (κ1) is 20.2. The minimum atomic E-state index is -0.351. The Morgan fingerprint density at radius 1 is 1.13 bits per heavy atom. The zero-order chi connectivity index (χ0) is 20.9. The molecule has 158 valence electrons. The van der Waals surface area contributed by atoms with Gasteiger partial charge in [-0.1, -0.05) is 12.1 Å². The summed E-state index contributed by atoms with van der Waals surface area (Å²) in [4.78, 5) is 26.9. The van der Waals surface area contributed by atoms with Crippen molar-refractivity contribution in [2.75, 3.05) is 54.4 Å². The third-order valence-corrected chi connectivity index (χ3v) is 5.77. The minimum absolute atomic E-state index is 0.0790. The van der Waals surface area contributed by atoms with E-state index in [9.17, 15) is 14.9 Å². The molecule has 1 unspecified atom stereocenters. The number of carbonyl (C=O) groups excluding carboxylic acids is 1. The van der Waals surface area contributed by atoms with Gasteiger partial charge in [0, 0.05) is 62.3 Å². The Morgan fingerprint density at radius 2 is 1.90 bits per heavy atom. The molecule has 1 N–H and O–H groups in total. The van der Waals surface area contributed by atoms with E-state index in [4.69, 9.17) is 4.74 Å². The highest BCUT2D eigenvalue weighted by atomic mass is 16.6. The molecule has 0 amide bonds. The van der Waals surface area contributed by atoms with Crippen molar-refractivity contribution in [3.8, 4) is 0 Å². The van der Waals surface area contributed by atoms with Crippen molar-refractivity contribution in [3.63, 3.8) is 0 Å². The Balaban J connectivity index is 1.45. The number of aldehydes is 1. The fraction of sp³-hybridized carbons (Fsp3) is 0.409. The van der Waals surface area contributed by atoms with Gasteiger partial charge in [-0.25, -0.2) is 0 Å². The van der Waals surface area contributed by atoms with Gasteiger partial charge in [-0.05, 0) is 37.1 Å². The van der Waals surface area contributed by atoms with Gasteiger partial charge < -0.3 is 19.9 Å². The number of hydrogen-bond donors (Lipinski definition) is 1. The fourth-order valence-corrected chi connectivity index (χ4v) is 4.13. The summed E-state index contributed by atoms with van der Waals surface area (Å²) in [5, 5.41) is 14.7. The number of rotatable bonds is 7. The first-order chi connectivity index (χ1) is 14.7. The molecule has 4 rings (SSSR count). The summed E-state index contributed by atoms with van der Waals surface area (Å²) in [5.74, 6) is 0. The number of nitro benzene ring substituents is 1. The summed E-state index contributed by atoms with van der Waals surface area (Å²) in [5.41, 5.74) is 3.22. The molecule has 30 heavy (non-hydrogen) atoms. The van der Waals surface area contributed by atoms with Crippen LogP contribution in [0.1, 0.15) is 23.2 Å². The normalized spacial score (nSPS) is 19.0. The van der Waals surface area contributed by atoms with Crippen molar-refractivity contribution in [3.05, 3.63) is 58.1 Å². The second-order valence-electron chi connectivity index (χ2n) is 7.63. The number of nitrogens with zero attached hydrogens (tertiary/aromatic N) is 3. The van der Waals surface area contributed by atoms with E-state index in [1.165, 1.54) is 0 Å². The van der Waals surface area contributed by atoms with Crippen molar-refractivity contribution in [2.24, 2.45) is 0 Å². The van der Waals surface area contributed by atoms with E-state index in [0.717, 1.165) is 63.3 Å². The van der Waals surface area contributed by atoms with Gasteiger partial charge in [0.15, 0.2) is 6.29 Å². The van der Waals surface area contributed by atoms with Gasteiger partial charge in [0.2, 0.25) is 0 Å². The van der Waals surface area contributed by atoms with Gasteiger partial charge >= 0.3 is 0 Å². The standard InChI is InChI=1S/C22H26N4O4/c27-16-17-4-1-2-6-21(17)25-11-9-24(10-12-25)18-7-8-22(26(28)29)20(14-18)23-15-19-5-3-13-30-19/h1-2,4,6-8,14,16,19,23H,3,5,9-13,15H2. The van der Waals surface area contributed by atoms with E-state index in [1.54, 1.807) is 6.07 Å². The Kier molecular flexibility index (Phi) is 6.13. The highest BCUT2D eigenvalue weighted by molar-refractivity contribution is 5.84. The molecule has 2 aliphatic rings. The number of piperazine rings is 1. The van der Waals surface area contributed by atoms with E-state index < -0.39 is 0 Å². The highest BCUT2D eigenvalue weighted by Gasteiger charge is 2.23. The van der Waals surface area contributed by atoms with Gasteiger partial charge in [-0.15, -0.1) is 0 Å². The Labute approximate surface area is 175 Å². The predicted octanol–water partition coefficient (Wildman–Crippen LogP) is 3.32. The molecule has 2 saturated heterocycles. The zero-order valence-electron chi connectivity index (χ0n) is 16.8. The van der Waals surface area contributed by atoms with Crippen LogP contribution in [-0.2, 0) is 4.74 Å². The molecular weight excluding hydrogens is 384 g/mol. The molecule has 2 aliphatic heterocycles. The topological polar surface area (TPSA) is 88.0 Å². The molecule has 8 nitrogen and oxygen atoms in total. The summed E-state index contributed by atoms with van der Waals surface area (Å²) >= 11 is 0. The molecule has 2 fully saturated rings. The van der Waals surface area contributed by atoms with Crippen LogP contribution >= 0.6 is 0 Å². The van der Waals surface area contributed by atoms with E-state index in [-0.39, 0.29) is 16.7 Å². The SMILES string of the molecule is O=Cc1ccccc1N1CCN(c2ccc([N+](=O)[O-])c(NCC3CCCO3)c2)CC1. The monoisotopic (exact) mass is 410 g/mol. The van der Waals surface area contributed by atoms with Crippen LogP contribution in [0.5, 0.6) is 0 Å². The highest BCUT2D eigenvalue weighted by Crippen LogP contribution is 2.31. The lowest BCUT2D eigenvalue weighted by molar-refractivity contribution is -0.383. The van der Waals surface area contributed by atoms with Gasteiger partial charge in [0.1, 0.15) is 5.69 Å². The summed E-state index contributed by atoms with van der Waals surface area (Å²) in [7, 11) is 0. The Morgan fingerprint density at radius 3 is 2.60 bits per heavy atom. The van der Waals surface area contributed by atoms with Crippen molar-refractivity contribution < 1.29 is 14.5 Å². The first-order valence-electron chi connectivity index (χ1n) is 10.3. The first-order valence-corrected chi connectivity index (χ1v) is 10.3. The molecule has 1 atom stereocenters. The third kappa shape index (κ3) is 4.38. The van der Waals surface area contributed by atoms with Crippen LogP contribution in [0.4, 0.5) is 22.7 Å². The number of benzene rings is 2.